The van der Waals surface area contributed by atoms with E-state index in [0.717, 1.165) is 12.1 Å². The predicted octanol–water partition coefficient (Wildman–Crippen LogP) is 6.08. The van der Waals surface area contributed by atoms with Gasteiger partial charge in [-0.1, -0.05) is 13.8 Å². The maximum Gasteiger partial charge on any atom is 0.416 e. The Morgan fingerprint density at radius 3 is 2.53 bits per heavy atom. The molecule has 5 aromatic rings. The van der Waals surface area contributed by atoms with Crippen LogP contribution >= 0.6 is 0 Å². The van der Waals surface area contributed by atoms with E-state index in [1.807, 2.05) is 13.8 Å². The van der Waals surface area contributed by atoms with Gasteiger partial charge in [0.1, 0.15) is 35.4 Å². The van der Waals surface area contributed by atoms with Gasteiger partial charge in [-0.15, -0.1) is 0 Å². The van der Waals surface area contributed by atoms with Gasteiger partial charge in [0.2, 0.25) is 0 Å². The second kappa shape index (κ2) is 10.1. The summed E-state index contributed by atoms with van der Waals surface area (Å²) in [6.45, 7) is 3.92. The average molecular weight is 532 g/mol. The predicted molar refractivity (Wildman–Crippen MR) is 131 cm³/mol. The van der Waals surface area contributed by atoms with Crippen molar-refractivity contribution in [1.82, 2.24) is 19.6 Å². The molecule has 0 amide bonds. The number of furan rings is 1. The zero-order valence-corrected chi connectivity index (χ0v) is 20.3. The van der Waals surface area contributed by atoms with Gasteiger partial charge in [-0.05, 0) is 30.3 Å². The summed E-state index contributed by atoms with van der Waals surface area (Å²) < 4.78 is 70.8. The number of rotatable bonds is 4. The normalized spacial score (nSPS) is 11.6. The molecule has 0 aliphatic carbocycles. The summed E-state index contributed by atoms with van der Waals surface area (Å²) in [5, 5.41) is 6.93. The zero-order chi connectivity index (χ0) is 27.8. The van der Waals surface area contributed by atoms with Crippen LogP contribution in [0.4, 0.5) is 33.5 Å². The number of nitrogens with one attached hydrogen (secondary N) is 1. The Bertz CT molecular complexity index is 1640. The molecule has 3 N–H and O–H groups in total. The third-order valence-electron chi connectivity index (χ3n) is 5.66. The van der Waals surface area contributed by atoms with E-state index >= 15 is 4.39 Å². The number of aromatic nitrogens is 4. The summed E-state index contributed by atoms with van der Waals surface area (Å²) >= 11 is 0. The van der Waals surface area contributed by atoms with E-state index in [1.165, 1.54) is 19.6 Å². The Kier molecular flexibility index (Phi) is 7.03. The van der Waals surface area contributed by atoms with Crippen LogP contribution in [0.5, 0.6) is 0 Å². The molecule has 0 radical (unpaired) electrons. The highest BCUT2D eigenvalue weighted by atomic mass is 19.4. The number of hydrogen-bond donors (Lipinski definition) is 2. The maximum atomic E-state index is 15.0. The van der Waals surface area contributed by atoms with Crippen LogP contribution in [-0.2, 0) is 6.18 Å². The van der Waals surface area contributed by atoms with Crippen molar-refractivity contribution < 1.29 is 31.2 Å². The summed E-state index contributed by atoms with van der Waals surface area (Å²) in [5.41, 5.74) is 6.25. The molecule has 0 saturated carbocycles. The maximum absolute atomic E-state index is 15.0. The molecule has 0 saturated heterocycles. The van der Waals surface area contributed by atoms with Gasteiger partial charge in [0.05, 0.1) is 16.8 Å². The van der Waals surface area contributed by atoms with E-state index in [1.54, 1.807) is 16.6 Å². The highest BCUT2D eigenvalue weighted by Crippen LogP contribution is 2.35. The van der Waals surface area contributed by atoms with Crippen molar-refractivity contribution in [2.24, 2.45) is 0 Å². The van der Waals surface area contributed by atoms with Gasteiger partial charge in [0, 0.05) is 23.9 Å². The lowest BCUT2D eigenvalue weighted by molar-refractivity contribution is -0.137. The molecule has 0 spiro atoms. The SMILES string of the molecule is CC(C)c1nc(-c2ccc3c(C=O)coc3c2F)c2c(N)ncnn12.CNc1cc(C(F)(F)F)ccc1F. The number of alkyl halides is 3. The van der Waals surface area contributed by atoms with Crippen LogP contribution in [0.15, 0.2) is 47.3 Å². The number of benzene rings is 2. The molecule has 8 nitrogen and oxygen atoms in total. The number of fused-ring (bicyclic) bond motifs is 2. The second-order valence-electron chi connectivity index (χ2n) is 8.43. The lowest BCUT2D eigenvalue weighted by Crippen LogP contribution is -2.06. The minimum atomic E-state index is -4.43. The van der Waals surface area contributed by atoms with E-state index < -0.39 is 23.4 Å². The van der Waals surface area contributed by atoms with E-state index in [-0.39, 0.29) is 28.6 Å². The van der Waals surface area contributed by atoms with Gasteiger partial charge < -0.3 is 15.5 Å². The van der Waals surface area contributed by atoms with Crippen molar-refractivity contribution in [3.63, 3.8) is 0 Å². The van der Waals surface area contributed by atoms with Gasteiger partial charge >= 0.3 is 6.18 Å². The largest absolute Gasteiger partial charge is 0.460 e. The van der Waals surface area contributed by atoms with Crippen molar-refractivity contribution in [2.45, 2.75) is 25.9 Å². The van der Waals surface area contributed by atoms with Crippen LogP contribution in [0.3, 0.4) is 0 Å². The topological polar surface area (TPSA) is 111 Å². The van der Waals surface area contributed by atoms with Crippen molar-refractivity contribution in [1.29, 1.82) is 0 Å². The molecular weight excluding hydrogens is 511 g/mol. The molecule has 0 unspecified atom stereocenters. The second-order valence-corrected chi connectivity index (χ2v) is 8.43. The third kappa shape index (κ3) is 4.74. The van der Waals surface area contributed by atoms with Crippen molar-refractivity contribution in [3.8, 4) is 11.3 Å². The summed E-state index contributed by atoms with van der Waals surface area (Å²) in [7, 11) is 1.36. The first-order valence-electron chi connectivity index (χ1n) is 11.2. The van der Waals surface area contributed by atoms with Crippen LogP contribution in [0.1, 0.15) is 41.5 Å². The van der Waals surface area contributed by atoms with E-state index in [4.69, 9.17) is 10.2 Å². The molecule has 3 aromatic heterocycles. The summed E-state index contributed by atoms with van der Waals surface area (Å²) in [6.07, 6.45) is -1.24. The smallest absolute Gasteiger partial charge is 0.416 e. The number of carbonyl (C=O) groups excluding carboxylic acids is 1. The van der Waals surface area contributed by atoms with Crippen LogP contribution in [0.2, 0.25) is 0 Å². The van der Waals surface area contributed by atoms with E-state index in [9.17, 15) is 22.4 Å². The number of nitrogens with zero attached hydrogens (tertiary/aromatic N) is 4. The van der Waals surface area contributed by atoms with Crippen molar-refractivity contribution >= 4 is 34.3 Å². The van der Waals surface area contributed by atoms with Crippen LogP contribution in [0, 0.1) is 11.6 Å². The fraction of sp³-hybridized carbons (Fsp3) is 0.200. The third-order valence-corrected chi connectivity index (χ3v) is 5.66. The minimum Gasteiger partial charge on any atom is -0.460 e. The Morgan fingerprint density at radius 2 is 1.89 bits per heavy atom. The standard InChI is InChI=1S/C17H14FN5O2.C8H7F4N/c1-8(2)17-22-13(14-16(19)20-7-21-23(14)17)11-4-3-10-9(5-24)6-25-15(10)12(11)18;1-13-7-4-5(8(10,11)12)2-3-6(7)9/h3-8H,1-2H3,(H2,19,20,21);2-4,13H,1H3. The molecule has 0 aliphatic rings. The molecule has 0 bridgehead atoms. The molecule has 0 fully saturated rings. The molecule has 38 heavy (non-hydrogen) atoms. The first-order valence-corrected chi connectivity index (χ1v) is 11.2. The van der Waals surface area contributed by atoms with Crippen molar-refractivity contribution in [2.75, 3.05) is 18.1 Å². The summed E-state index contributed by atoms with van der Waals surface area (Å²) in [4.78, 5) is 19.5. The molecule has 13 heteroatoms. The van der Waals surface area contributed by atoms with Gasteiger partial charge in [-0.2, -0.15) is 18.3 Å². The first kappa shape index (κ1) is 26.5. The first-order chi connectivity index (χ1) is 18.0. The van der Waals surface area contributed by atoms with E-state index in [0.29, 0.717) is 40.3 Å². The monoisotopic (exact) mass is 532 g/mol. The molecular formula is C25H21F5N6O2. The van der Waals surface area contributed by atoms with Gasteiger partial charge in [-0.3, -0.25) is 4.79 Å². The molecule has 0 aliphatic heterocycles. The Labute approximate surface area is 212 Å². The molecule has 0 atom stereocenters. The summed E-state index contributed by atoms with van der Waals surface area (Å²) in [5.74, 6) is -0.407. The van der Waals surface area contributed by atoms with Crippen LogP contribution in [-0.4, -0.2) is 32.9 Å². The van der Waals surface area contributed by atoms with Crippen LogP contribution in [0.25, 0.3) is 27.7 Å². The number of hydrogen-bond acceptors (Lipinski definition) is 7. The number of aldehydes is 1. The average Bonchev–Trinajstić information content (AvgIpc) is 3.47. The Morgan fingerprint density at radius 1 is 1.16 bits per heavy atom. The van der Waals surface area contributed by atoms with Gasteiger partial charge in [-0.25, -0.2) is 23.3 Å². The lowest BCUT2D eigenvalue weighted by atomic mass is 10.1. The molecule has 198 valence electrons. The number of carbonyl (C=O) groups is 1. The number of nitrogens with two attached hydrogens (primary N) is 1. The highest BCUT2D eigenvalue weighted by molar-refractivity contribution is 5.98. The lowest BCUT2D eigenvalue weighted by Gasteiger charge is -2.08. The zero-order valence-electron chi connectivity index (χ0n) is 20.3. The molecule has 3 heterocycles. The molecule has 2 aromatic carbocycles. The van der Waals surface area contributed by atoms with Gasteiger partial charge in [0.15, 0.2) is 23.5 Å². The van der Waals surface area contributed by atoms with E-state index in [2.05, 4.69) is 20.4 Å². The Balaban J connectivity index is 0.000000219. The molecule has 5 rings (SSSR count). The number of nitrogen functional groups attached to an aromatic ring is 1. The Hall–Kier alpha value is -4.55. The number of imidazole rings is 1. The fourth-order valence-corrected chi connectivity index (χ4v) is 3.79. The van der Waals surface area contributed by atoms with Crippen LogP contribution < -0.4 is 11.1 Å². The highest BCUT2D eigenvalue weighted by Gasteiger charge is 2.31. The minimum absolute atomic E-state index is 0.00210. The number of halogens is 5. The van der Waals surface area contributed by atoms with Crippen molar-refractivity contribution in [3.05, 3.63) is 71.5 Å². The fourth-order valence-electron chi connectivity index (χ4n) is 3.79. The number of anilines is 2. The summed E-state index contributed by atoms with van der Waals surface area (Å²) in [6, 6.07) is 5.40. The van der Waals surface area contributed by atoms with Gasteiger partial charge in [0.25, 0.3) is 0 Å². The quantitative estimate of drug-likeness (QED) is 0.213.